The van der Waals surface area contributed by atoms with Gasteiger partial charge in [-0.1, -0.05) is 29.5 Å². The van der Waals surface area contributed by atoms with Crippen LogP contribution in [-0.2, 0) is 0 Å². The summed E-state index contributed by atoms with van der Waals surface area (Å²) in [7, 11) is 1.55. The second kappa shape index (κ2) is 7.60. The van der Waals surface area contributed by atoms with Crippen LogP contribution in [0.5, 0.6) is 5.75 Å². The third kappa shape index (κ3) is 3.60. The number of carbonyl (C=O) groups excluding carboxylic acids is 1. The van der Waals surface area contributed by atoms with Crippen LogP contribution >= 0.6 is 11.3 Å². The van der Waals surface area contributed by atoms with Crippen molar-refractivity contribution in [3.63, 3.8) is 0 Å². The summed E-state index contributed by atoms with van der Waals surface area (Å²) in [5.41, 5.74) is 1.96. The molecule has 3 heterocycles. The van der Waals surface area contributed by atoms with E-state index < -0.39 is 11.9 Å². The van der Waals surface area contributed by atoms with Gasteiger partial charge in [0.25, 0.3) is 5.91 Å². The van der Waals surface area contributed by atoms with E-state index in [1.807, 2.05) is 18.2 Å². The molecule has 29 heavy (non-hydrogen) atoms. The molecule has 10 heteroatoms. The van der Waals surface area contributed by atoms with E-state index in [-0.39, 0.29) is 5.69 Å². The summed E-state index contributed by atoms with van der Waals surface area (Å²) in [5, 5.41) is 19.8. The Kier molecular flexibility index (Phi) is 4.83. The van der Waals surface area contributed by atoms with Gasteiger partial charge in [-0.3, -0.25) is 10.1 Å². The van der Waals surface area contributed by atoms with Crippen LogP contribution in [0.25, 0.3) is 21.5 Å². The normalized spacial score (nSPS) is 10.7. The summed E-state index contributed by atoms with van der Waals surface area (Å²) < 4.78 is 5.38. The first kappa shape index (κ1) is 18.4. The Morgan fingerprint density at radius 3 is 2.62 bits per heavy atom. The van der Waals surface area contributed by atoms with E-state index in [0.717, 1.165) is 11.3 Å². The van der Waals surface area contributed by atoms with Crippen LogP contribution in [0.2, 0.25) is 0 Å². The van der Waals surface area contributed by atoms with Gasteiger partial charge in [0.15, 0.2) is 5.13 Å². The molecule has 4 aromatic rings. The van der Waals surface area contributed by atoms with Crippen molar-refractivity contribution in [1.82, 2.24) is 20.2 Å². The predicted molar refractivity (Wildman–Crippen MR) is 106 cm³/mol. The minimum atomic E-state index is -1.13. The first-order valence-corrected chi connectivity index (χ1v) is 9.15. The molecule has 0 saturated heterocycles. The summed E-state index contributed by atoms with van der Waals surface area (Å²) in [6.07, 6.45) is 2.86. The molecule has 4 rings (SSSR count). The van der Waals surface area contributed by atoms with Crippen molar-refractivity contribution >= 4 is 38.7 Å². The van der Waals surface area contributed by atoms with Crippen molar-refractivity contribution in [2.45, 2.75) is 0 Å². The highest BCUT2D eigenvalue weighted by Gasteiger charge is 2.18. The lowest BCUT2D eigenvalue weighted by atomic mass is 10.0. The minimum Gasteiger partial charge on any atom is -0.496 e. The molecule has 9 nitrogen and oxygen atoms in total. The number of fused-ring (bicyclic) bond motifs is 1. The van der Waals surface area contributed by atoms with E-state index in [2.05, 4.69) is 25.5 Å². The largest absolute Gasteiger partial charge is 0.496 e. The van der Waals surface area contributed by atoms with Crippen LogP contribution in [0, 0.1) is 0 Å². The number of rotatable bonds is 5. The average molecular weight is 407 g/mol. The van der Waals surface area contributed by atoms with Gasteiger partial charge in [0, 0.05) is 11.1 Å². The van der Waals surface area contributed by atoms with Crippen molar-refractivity contribution in [1.29, 1.82) is 0 Å². The van der Waals surface area contributed by atoms with E-state index in [1.54, 1.807) is 19.2 Å². The number of pyridine rings is 1. The van der Waals surface area contributed by atoms with Gasteiger partial charge in [-0.15, -0.1) is 0 Å². The number of hydrogen-bond donors (Lipinski definition) is 2. The Morgan fingerprint density at radius 1 is 1.03 bits per heavy atom. The van der Waals surface area contributed by atoms with Crippen LogP contribution < -0.4 is 10.1 Å². The zero-order valence-electron chi connectivity index (χ0n) is 15.0. The third-order valence-corrected chi connectivity index (χ3v) is 4.95. The standard InChI is InChI=1S/C19H13N5O4S/c1-28-15-5-3-2-4-10(15)11-8-20-21-9-12(11)16(25)24-19-23-13-6-7-14(18(26)27)22-17(13)29-19/h2-9H,1H3,(H,26,27)(H,23,24,25). The lowest BCUT2D eigenvalue weighted by molar-refractivity contribution is 0.0690. The Bertz CT molecular complexity index is 1240. The third-order valence-electron chi connectivity index (χ3n) is 4.07. The molecule has 0 atom stereocenters. The van der Waals surface area contributed by atoms with Crippen molar-refractivity contribution in [2.75, 3.05) is 12.4 Å². The first-order valence-electron chi connectivity index (χ1n) is 8.33. The summed E-state index contributed by atoms with van der Waals surface area (Å²) >= 11 is 1.08. The number of aromatic carboxylic acids is 1. The van der Waals surface area contributed by atoms with Crippen LogP contribution in [0.3, 0.4) is 0 Å². The molecule has 0 fully saturated rings. The van der Waals surface area contributed by atoms with Gasteiger partial charge in [0.05, 0.1) is 25.1 Å². The molecule has 0 aliphatic heterocycles. The molecule has 0 aliphatic rings. The smallest absolute Gasteiger partial charge is 0.354 e. The number of nitrogens with one attached hydrogen (secondary N) is 1. The van der Waals surface area contributed by atoms with Crippen LogP contribution in [0.4, 0.5) is 5.13 Å². The van der Waals surface area contributed by atoms with Gasteiger partial charge in [-0.25, -0.2) is 14.8 Å². The number of carboxylic acid groups (broad SMARTS) is 1. The maximum absolute atomic E-state index is 12.9. The molecule has 0 unspecified atom stereocenters. The fourth-order valence-corrected chi connectivity index (χ4v) is 3.57. The molecular weight excluding hydrogens is 394 g/mol. The van der Waals surface area contributed by atoms with E-state index in [4.69, 9.17) is 9.84 Å². The zero-order valence-corrected chi connectivity index (χ0v) is 15.8. The molecule has 144 valence electrons. The number of aromatic nitrogens is 4. The topological polar surface area (TPSA) is 127 Å². The quantitative estimate of drug-likeness (QED) is 0.517. The number of thiazole rings is 1. The number of hydrogen-bond acceptors (Lipinski definition) is 8. The summed E-state index contributed by atoms with van der Waals surface area (Å²) in [6, 6.07) is 10.2. The average Bonchev–Trinajstić information content (AvgIpc) is 3.15. The Hall–Kier alpha value is -3.92. The molecule has 1 amide bonds. The van der Waals surface area contributed by atoms with Gasteiger partial charge in [-0.05, 0) is 18.2 Å². The zero-order chi connectivity index (χ0) is 20.4. The number of carboxylic acids is 1. The SMILES string of the molecule is COc1ccccc1-c1cnncc1C(=O)Nc1nc2ccc(C(=O)O)nc2s1. The molecule has 3 aromatic heterocycles. The molecular formula is C19H13N5O4S. The fourth-order valence-electron chi connectivity index (χ4n) is 2.74. The Labute approximate surface area is 168 Å². The first-order chi connectivity index (χ1) is 14.1. The molecule has 2 N–H and O–H groups in total. The lowest BCUT2D eigenvalue weighted by Crippen LogP contribution is -2.14. The van der Waals surface area contributed by atoms with Gasteiger partial charge in [0.1, 0.15) is 21.8 Å². The van der Waals surface area contributed by atoms with E-state index in [9.17, 15) is 9.59 Å². The summed E-state index contributed by atoms with van der Waals surface area (Å²) in [6.45, 7) is 0. The van der Waals surface area contributed by atoms with E-state index >= 15 is 0 Å². The van der Waals surface area contributed by atoms with Crippen LogP contribution in [0.1, 0.15) is 20.8 Å². The second-order valence-corrected chi connectivity index (χ2v) is 6.79. The maximum atomic E-state index is 12.9. The molecule has 1 aromatic carbocycles. The van der Waals surface area contributed by atoms with Crippen LogP contribution in [-0.4, -0.2) is 44.3 Å². The number of anilines is 1. The summed E-state index contributed by atoms with van der Waals surface area (Å²) in [4.78, 5) is 32.7. The monoisotopic (exact) mass is 407 g/mol. The highest BCUT2D eigenvalue weighted by atomic mass is 32.1. The van der Waals surface area contributed by atoms with E-state index in [1.165, 1.54) is 18.5 Å². The van der Waals surface area contributed by atoms with Gasteiger partial charge < -0.3 is 9.84 Å². The van der Waals surface area contributed by atoms with Gasteiger partial charge in [-0.2, -0.15) is 10.2 Å². The Morgan fingerprint density at radius 2 is 1.83 bits per heavy atom. The second-order valence-electron chi connectivity index (χ2n) is 5.82. The molecule has 0 bridgehead atoms. The number of nitrogens with zero attached hydrogens (tertiary/aromatic N) is 4. The van der Waals surface area contributed by atoms with Crippen molar-refractivity contribution in [3.8, 4) is 16.9 Å². The van der Waals surface area contributed by atoms with Gasteiger partial charge in [0.2, 0.25) is 0 Å². The fraction of sp³-hybridized carbons (Fsp3) is 0.0526. The molecule has 0 radical (unpaired) electrons. The van der Waals surface area contributed by atoms with Gasteiger partial charge >= 0.3 is 5.97 Å². The Balaban J connectivity index is 1.68. The number of carbonyl (C=O) groups is 2. The van der Waals surface area contributed by atoms with E-state index in [0.29, 0.717) is 37.9 Å². The number of ether oxygens (including phenoxy) is 1. The number of para-hydroxylation sites is 1. The maximum Gasteiger partial charge on any atom is 0.354 e. The number of amides is 1. The lowest BCUT2D eigenvalue weighted by Gasteiger charge is -2.11. The van der Waals surface area contributed by atoms with Crippen LogP contribution in [0.15, 0.2) is 48.8 Å². The minimum absolute atomic E-state index is 0.0872. The summed E-state index contributed by atoms with van der Waals surface area (Å²) in [5.74, 6) is -0.964. The van der Waals surface area contributed by atoms with Crippen molar-refractivity contribution in [3.05, 3.63) is 60.0 Å². The number of benzene rings is 1. The highest BCUT2D eigenvalue weighted by molar-refractivity contribution is 7.22. The predicted octanol–water partition coefficient (Wildman–Crippen LogP) is 3.11. The number of methoxy groups -OCH3 is 1. The molecule has 0 saturated carbocycles. The molecule has 0 aliphatic carbocycles. The van der Waals surface area contributed by atoms with Crippen molar-refractivity contribution < 1.29 is 19.4 Å². The highest BCUT2D eigenvalue weighted by Crippen LogP contribution is 2.32. The molecule has 0 spiro atoms. The van der Waals surface area contributed by atoms with Crippen molar-refractivity contribution in [2.24, 2.45) is 0 Å².